The number of benzene rings is 1. The number of hydrogen-bond donors (Lipinski definition) is 1. The number of carbonyl (C=O) groups is 1. The van der Waals surface area contributed by atoms with Crippen LogP contribution in [0.1, 0.15) is 28.8 Å². The Kier molecular flexibility index (Phi) is 4.75. The van der Waals surface area contributed by atoms with Gasteiger partial charge >= 0.3 is 0 Å². The van der Waals surface area contributed by atoms with Crippen molar-refractivity contribution in [2.24, 2.45) is 0 Å². The van der Waals surface area contributed by atoms with E-state index in [2.05, 4.69) is 16.4 Å². The number of likely N-dealkylation sites (tertiary alicyclic amines) is 1. The van der Waals surface area contributed by atoms with Crippen LogP contribution < -0.4 is 5.32 Å². The second-order valence-corrected chi connectivity index (χ2v) is 6.61. The Balaban J connectivity index is 1.40. The number of nitrogens with one attached hydrogen (secondary N) is 1. The molecule has 0 aliphatic carbocycles. The van der Waals surface area contributed by atoms with Crippen LogP contribution in [0.4, 0.5) is 11.5 Å². The topological polar surface area (TPSA) is 87.5 Å². The summed E-state index contributed by atoms with van der Waals surface area (Å²) in [4.78, 5) is 18.8. The third kappa shape index (κ3) is 3.63. The summed E-state index contributed by atoms with van der Waals surface area (Å²) >= 11 is 0. The lowest BCUT2D eigenvalue weighted by Crippen LogP contribution is -2.47. The molecule has 2 aliphatic heterocycles. The lowest BCUT2D eigenvalue weighted by atomic mass is 10.0. The number of amides is 1. The molecule has 1 N–H and O–H groups in total. The molecule has 3 heterocycles. The number of aromatic nitrogens is 1. The minimum atomic E-state index is -0.489. The van der Waals surface area contributed by atoms with Crippen LogP contribution in [0.25, 0.3) is 0 Å². The Labute approximate surface area is 157 Å². The Morgan fingerprint density at radius 1 is 1.15 bits per heavy atom. The van der Waals surface area contributed by atoms with Crippen molar-refractivity contribution in [2.75, 3.05) is 31.6 Å². The van der Waals surface area contributed by atoms with Crippen LogP contribution in [0, 0.1) is 11.3 Å². The Hall–Kier alpha value is -2.95. The van der Waals surface area contributed by atoms with Crippen LogP contribution in [0.5, 0.6) is 0 Å². The van der Waals surface area contributed by atoms with E-state index in [1.54, 1.807) is 24.4 Å². The van der Waals surface area contributed by atoms with Gasteiger partial charge in [-0.1, -0.05) is 12.1 Å². The van der Waals surface area contributed by atoms with E-state index in [0.717, 1.165) is 0 Å². The molecule has 1 amide bonds. The summed E-state index contributed by atoms with van der Waals surface area (Å²) in [6.45, 7) is 2.46. The second kappa shape index (κ2) is 7.35. The predicted molar refractivity (Wildman–Crippen MR) is 98.4 cm³/mol. The summed E-state index contributed by atoms with van der Waals surface area (Å²) in [7, 11) is 0. The summed E-state index contributed by atoms with van der Waals surface area (Å²) < 4.78 is 11.4. The van der Waals surface area contributed by atoms with Crippen molar-refractivity contribution < 1.29 is 14.3 Å². The zero-order chi connectivity index (χ0) is 18.7. The van der Waals surface area contributed by atoms with E-state index in [-0.39, 0.29) is 5.91 Å². The first kappa shape index (κ1) is 17.5. The maximum Gasteiger partial charge on any atom is 0.255 e. The number of nitriles is 1. The van der Waals surface area contributed by atoms with Crippen molar-refractivity contribution in [1.29, 1.82) is 5.26 Å². The number of ether oxygens (including phenoxy) is 2. The molecule has 1 aromatic carbocycles. The van der Waals surface area contributed by atoms with Gasteiger partial charge < -0.3 is 19.7 Å². The number of anilines is 2. The Bertz CT molecular complexity index is 860. The zero-order valence-corrected chi connectivity index (χ0v) is 14.9. The average molecular weight is 364 g/mol. The van der Waals surface area contributed by atoms with Crippen molar-refractivity contribution in [3.63, 3.8) is 0 Å². The second-order valence-electron chi connectivity index (χ2n) is 6.61. The van der Waals surface area contributed by atoms with Crippen LogP contribution in [0.3, 0.4) is 0 Å². The van der Waals surface area contributed by atoms with Gasteiger partial charge in [0, 0.05) is 32.1 Å². The van der Waals surface area contributed by atoms with E-state index in [4.69, 9.17) is 14.7 Å². The minimum absolute atomic E-state index is 0.0423. The minimum Gasteiger partial charge on any atom is -0.347 e. The van der Waals surface area contributed by atoms with E-state index in [9.17, 15) is 4.79 Å². The third-order valence-electron chi connectivity index (χ3n) is 4.95. The largest absolute Gasteiger partial charge is 0.347 e. The molecular formula is C20H20N4O3. The molecule has 27 heavy (non-hydrogen) atoms. The summed E-state index contributed by atoms with van der Waals surface area (Å²) in [5, 5.41) is 12.3. The zero-order valence-electron chi connectivity index (χ0n) is 14.9. The van der Waals surface area contributed by atoms with Gasteiger partial charge in [-0.3, -0.25) is 4.79 Å². The number of rotatable bonds is 3. The van der Waals surface area contributed by atoms with Gasteiger partial charge in [0.25, 0.3) is 5.91 Å². The molecule has 0 bridgehead atoms. The fourth-order valence-corrected chi connectivity index (χ4v) is 3.44. The van der Waals surface area contributed by atoms with E-state index in [1.807, 2.05) is 23.1 Å². The summed E-state index contributed by atoms with van der Waals surface area (Å²) in [6, 6.07) is 12.8. The molecule has 1 spiro atoms. The quantitative estimate of drug-likeness (QED) is 0.901. The first-order chi connectivity index (χ1) is 13.2. The van der Waals surface area contributed by atoms with E-state index >= 15 is 0 Å². The standard InChI is InChI=1S/C20H20N4O3/c21-13-15-3-1-2-4-17(15)23-18-6-5-16(14-22-18)19(25)24-9-7-20(8-10-24)26-11-12-27-20/h1-6,14H,7-12H2,(H,22,23). The van der Waals surface area contributed by atoms with Gasteiger partial charge in [0.05, 0.1) is 30.0 Å². The molecular weight excluding hydrogens is 344 g/mol. The fraction of sp³-hybridized carbons (Fsp3) is 0.350. The van der Waals surface area contributed by atoms with Crippen LogP contribution in [-0.4, -0.2) is 47.9 Å². The van der Waals surface area contributed by atoms with Gasteiger partial charge in [-0.15, -0.1) is 0 Å². The normalized spacial score (nSPS) is 18.3. The number of piperidine rings is 1. The van der Waals surface area contributed by atoms with Crippen LogP contribution in [-0.2, 0) is 9.47 Å². The highest BCUT2D eigenvalue weighted by atomic mass is 16.7. The molecule has 4 rings (SSSR count). The number of pyridine rings is 1. The molecule has 0 unspecified atom stereocenters. The highest BCUT2D eigenvalue weighted by Gasteiger charge is 2.40. The van der Waals surface area contributed by atoms with E-state index < -0.39 is 5.79 Å². The highest BCUT2D eigenvalue weighted by Crippen LogP contribution is 2.31. The lowest BCUT2D eigenvalue weighted by molar-refractivity contribution is -0.181. The Morgan fingerprint density at radius 2 is 1.89 bits per heavy atom. The number of para-hydroxylation sites is 1. The Morgan fingerprint density at radius 3 is 2.56 bits per heavy atom. The SMILES string of the molecule is N#Cc1ccccc1Nc1ccc(C(=O)N2CCC3(CC2)OCCO3)cn1. The maximum absolute atomic E-state index is 12.7. The first-order valence-electron chi connectivity index (χ1n) is 8.99. The van der Waals surface area contributed by atoms with E-state index in [0.29, 0.717) is 61.8 Å². The summed E-state index contributed by atoms with van der Waals surface area (Å²) in [5.41, 5.74) is 1.76. The van der Waals surface area contributed by atoms with Crippen LogP contribution >= 0.6 is 0 Å². The summed E-state index contributed by atoms with van der Waals surface area (Å²) in [6.07, 6.45) is 2.94. The monoisotopic (exact) mass is 364 g/mol. The fourth-order valence-electron chi connectivity index (χ4n) is 3.44. The maximum atomic E-state index is 12.7. The molecule has 2 saturated heterocycles. The molecule has 2 fully saturated rings. The number of hydrogen-bond acceptors (Lipinski definition) is 6. The highest BCUT2D eigenvalue weighted by molar-refractivity contribution is 5.94. The molecule has 0 atom stereocenters. The van der Waals surface area contributed by atoms with Gasteiger partial charge in [-0.05, 0) is 24.3 Å². The molecule has 2 aromatic rings. The van der Waals surface area contributed by atoms with Crippen LogP contribution in [0.15, 0.2) is 42.6 Å². The average Bonchev–Trinajstić information content (AvgIpc) is 3.17. The smallest absolute Gasteiger partial charge is 0.255 e. The molecule has 0 radical (unpaired) electrons. The van der Waals surface area contributed by atoms with Gasteiger partial charge in [0.1, 0.15) is 11.9 Å². The van der Waals surface area contributed by atoms with Gasteiger partial charge in [0.15, 0.2) is 5.79 Å². The van der Waals surface area contributed by atoms with Crippen molar-refractivity contribution >= 4 is 17.4 Å². The summed E-state index contributed by atoms with van der Waals surface area (Å²) in [5.74, 6) is 0.0515. The number of carbonyl (C=O) groups excluding carboxylic acids is 1. The van der Waals surface area contributed by atoms with Crippen molar-refractivity contribution in [3.8, 4) is 6.07 Å². The van der Waals surface area contributed by atoms with Gasteiger partial charge in [-0.25, -0.2) is 4.98 Å². The molecule has 0 saturated carbocycles. The molecule has 138 valence electrons. The molecule has 7 nitrogen and oxygen atoms in total. The third-order valence-corrected chi connectivity index (χ3v) is 4.95. The predicted octanol–water partition coefficient (Wildman–Crippen LogP) is 2.68. The van der Waals surface area contributed by atoms with Crippen molar-refractivity contribution in [2.45, 2.75) is 18.6 Å². The van der Waals surface area contributed by atoms with Gasteiger partial charge in [0.2, 0.25) is 0 Å². The van der Waals surface area contributed by atoms with Crippen molar-refractivity contribution in [1.82, 2.24) is 9.88 Å². The van der Waals surface area contributed by atoms with Crippen LogP contribution in [0.2, 0.25) is 0 Å². The van der Waals surface area contributed by atoms with E-state index in [1.165, 1.54) is 0 Å². The lowest BCUT2D eigenvalue weighted by Gasteiger charge is -2.37. The molecule has 2 aliphatic rings. The molecule has 7 heteroatoms. The van der Waals surface area contributed by atoms with Crippen molar-refractivity contribution in [3.05, 3.63) is 53.7 Å². The molecule has 1 aromatic heterocycles. The number of nitrogens with zero attached hydrogens (tertiary/aromatic N) is 3. The van der Waals surface area contributed by atoms with Gasteiger partial charge in [-0.2, -0.15) is 5.26 Å². The first-order valence-corrected chi connectivity index (χ1v) is 8.99.